The van der Waals surface area contributed by atoms with Crippen LogP contribution in [0.15, 0.2) is 29.4 Å². The topological polar surface area (TPSA) is 70.1 Å². The molecule has 0 spiro atoms. The van der Waals surface area contributed by atoms with Gasteiger partial charge in [0.05, 0.1) is 4.90 Å². The van der Waals surface area contributed by atoms with Crippen LogP contribution < -0.4 is 51.4 Å². The quantitative estimate of drug-likeness (QED) is 0.412. The second-order valence-corrected chi connectivity index (χ2v) is 3.02. The molecule has 68 valence electrons. The molecule has 4 nitrogen and oxygen atoms in total. The molecule has 0 fully saturated rings. The zero-order valence-corrected chi connectivity index (χ0v) is 11.8. The van der Waals surface area contributed by atoms with Gasteiger partial charge in [-0.25, -0.2) is 8.42 Å². The van der Waals surface area contributed by atoms with Crippen molar-refractivity contribution in [2.75, 3.05) is 0 Å². The minimum absolute atomic E-state index is 0. The van der Waals surface area contributed by atoms with Gasteiger partial charge in [0.25, 0.3) is 0 Å². The monoisotopic (exact) mass is 227 g/mol. The van der Waals surface area contributed by atoms with E-state index in [0.717, 1.165) is 12.1 Å². The number of pyridine rings is 1. The Bertz CT molecular complexity index is 312. The Labute approximate surface area is 121 Å². The molecule has 6 heteroatoms. The van der Waals surface area contributed by atoms with E-state index in [0.29, 0.717) is 0 Å². The van der Waals surface area contributed by atoms with Crippen molar-refractivity contribution in [3.8, 4) is 0 Å². The predicted octanol–water partition coefficient (Wildman–Crippen LogP) is -1.98. The van der Waals surface area contributed by atoms with Crippen molar-refractivity contribution in [1.82, 2.24) is 4.98 Å². The van der Waals surface area contributed by atoms with Crippen LogP contribution in [-0.2, 0) is 10.1 Å². The van der Waals surface area contributed by atoms with Crippen molar-refractivity contribution >= 4 is 10.1 Å². The van der Waals surface area contributed by atoms with Crippen molar-refractivity contribution in [1.29, 1.82) is 0 Å². The molecule has 1 aromatic rings. The van der Waals surface area contributed by atoms with Gasteiger partial charge < -0.3 is 4.55 Å². The van der Waals surface area contributed by atoms with Gasteiger partial charge in [-0.2, -0.15) is 0 Å². The average molecular weight is 227 g/mol. The van der Waals surface area contributed by atoms with Gasteiger partial charge in [-0.05, 0) is 12.1 Å². The van der Waals surface area contributed by atoms with Gasteiger partial charge in [-0.1, -0.05) is 13.8 Å². The minimum Gasteiger partial charge on any atom is -0.744 e. The third kappa shape index (κ3) is 6.73. The molecule has 0 saturated heterocycles. The maximum absolute atomic E-state index is 10.2. The zero-order valence-electron chi connectivity index (χ0n) is 7.89. The van der Waals surface area contributed by atoms with Crippen molar-refractivity contribution in [3.05, 3.63) is 24.5 Å². The fraction of sp³-hybridized carbons (Fsp3) is 0.286. The summed E-state index contributed by atoms with van der Waals surface area (Å²) in [4.78, 5) is 3.31. The standard InChI is InChI=1S/C5H5NO3S.C2H6.K/c7-10(8,9)5-1-3-6-4-2-5;1-2;/h1-4H,(H,7,8,9);1-2H3;/q;;+1/p-1. The molecule has 0 bridgehead atoms. The third-order valence-electron chi connectivity index (χ3n) is 0.938. The SMILES string of the molecule is CC.O=S(=O)([O-])c1ccncc1.[K+]. The van der Waals surface area contributed by atoms with Gasteiger partial charge >= 0.3 is 51.4 Å². The van der Waals surface area contributed by atoms with Gasteiger partial charge in [0.2, 0.25) is 0 Å². The minimum atomic E-state index is -4.29. The summed E-state index contributed by atoms with van der Waals surface area (Å²) in [6.45, 7) is 4.00. The first-order valence-electron chi connectivity index (χ1n) is 3.46. The molecule has 1 rings (SSSR count). The van der Waals surface area contributed by atoms with E-state index in [1.807, 2.05) is 13.8 Å². The predicted molar refractivity (Wildman–Crippen MR) is 43.5 cm³/mol. The summed E-state index contributed by atoms with van der Waals surface area (Å²) in [6, 6.07) is 2.31. The maximum Gasteiger partial charge on any atom is 1.00 e. The van der Waals surface area contributed by atoms with Crippen LogP contribution in [0.4, 0.5) is 0 Å². The molecule has 0 atom stereocenters. The fourth-order valence-electron chi connectivity index (χ4n) is 0.505. The van der Waals surface area contributed by atoms with Crippen LogP contribution in [0.3, 0.4) is 0 Å². The van der Waals surface area contributed by atoms with Crippen molar-refractivity contribution in [2.24, 2.45) is 0 Å². The molecule has 1 heterocycles. The van der Waals surface area contributed by atoms with Crippen LogP contribution in [0.1, 0.15) is 13.8 Å². The summed E-state index contributed by atoms with van der Waals surface area (Å²) in [6.07, 6.45) is 2.51. The van der Waals surface area contributed by atoms with E-state index in [2.05, 4.69) is 4.98 Å². The van der Waals surface area contributed by atoms with Gasteiger partial charge in [-0.3, -0.25) is 4.98 Å². The molecule has 0 aliphatic heterocycles. The largest absolute Gasteiger partial charge is 1.00 e. The van der Waals surface area contributed by atoms with Crippen molar-refractivity contribution in [3.63, 3.8) is 0 Å². The Morgan fingerprint density at radius 3 is 1.85 bits per heavy atom. The van der Waals surface area contributed by atoms with Gasteiger partial charge in [-0.15, -0.1) is 0 Å². The van der Waals surface area contributed by atoms with Crippen LogP contribution in [-0.4, -0.2) is 18.0 Å². The number of hydrogen-bond acceptors (Lipinski definition) is 4. The molecule has 0 aliphatic carbocycles. The molecule has 0 radical (unpaired) electrons. The van der Waals surface area contributed by atoms with Crippen molar-refractivity contribution in [2.45, 2.75) is 18.7 Å². The van der Waals surface area contributed by atoms with E-state index in [-0.39, 0.29) is 56.3 Å². The van der Waals surface area contributed by atoms with E-state index in [1.165, 1.54) is 12.4 Å². The second kappa shape index (κ2) is 8.04. The first kappa shape index (κ1) is 16.1. The zero-order chi connectivity index (χ0) is 9.61. The smallest absolute Gasteiger partial charge is 0.744 e. The van der Waals surface area contributed by atoms with Crippen LogP contribution >= 0.6 is 0 Å². The third-order valence-corrected chi connectivity index (χ3v) is 1.79. The molecular formula is C7H10KNO3S. The molecule has 0 aromatic carbocycles. The van der Waals surface area contributed by atoms with Crippen LogP contribution in [0.25, 0.3) is 0 Å². The Hall–Kier alpha value is 0.696. The van der Waals surface area contributed by atoms with Gasteiger partial charge in [0, 0.05) is 12.4 Å². The number of rotatable bonds is 1. The summed E-state index contributed by atoms with van der Waals surface area (Å²) in [7, 11) is -4.29. The average Bonchev–Trinajstić information content (AvgIpc) is 2.08. The summed E-state index contributed by atoms with van der Waals surface area (Å²) >= 11 is 0. The first-order valence-corrected chi connectivity index (χ1v) is 4.87. The number of aromatic nitrogens is 1. The Balaban J connectivity index is 0. The maximum atomic E-state index is 10.2. The molecule has 1 aromatic heterocycles. The molecular weight excluding hydrogens is 217 g/mol. The summed E-state index contributed by atoms with van der Waals surface area (Å²) < 4.78 is 30.7. The van der Waals surface area contributed by atoms with Crippen LogP contribution in [0, 0.1) is 0 Å². The summed E-state index contributed by atoms with van der Waals surface area (Å²) in [5.74, 6) is 0. The second-order valence-electron chi connectivity index (χ2n) is 1.64. The van der Waals surface area contributed by atoms with E-state index in [1.54, 1.807) is 0 Å². The molecule has 0 N–H and O–H groups in total. The number of hydrogen-bond donors (Lipinski definition) is 0. The van der Waals surface area contributed by atoms with E-state index < -0.39 is 10.1 Å². The van der Waals surface area contributed by atoms with Gasteiger partial charge in [0.15, 0.2) is 0 Å². The molecule has 0 aliphatic rings. The van der Waals surface area contributed by atoms with Crippen molar-refractivity contribution < 1.29 is 64.4 Å². The Morgan fingerprint density at radius 1 is 1.23 bits per heavy atom. The summed E-state index contributed by atoms with van der Waals surface area (Å²) in [5.41, 5.74) is 0. The van der Waals surface area contributed by atoms with E-state index >= 15 is 0 Å². The molecule has 0 saturated carbocycles. The molecule has 13 heavy (non-hydrogen) atoms. The van der Waals surface area contributed by atoms with E-state index in [4.69, 9.17) is 0 Å². The number of nitrogens with zero attached hydrogens (tertiary/aromatic N) is 1. The Morgan fingerprint density at radius 2 is 1.62 bits per heavy atom. The molecule has 0 amide bonds. The Kier molecular flexibility index (Phi) is 9.98. The van der Waals surface area contributed by atoms with E-state index in [9.17, 15) is 13.0 Å². The first-order chi connectivity index (χ1) is 5.61. The molecule has 0 unspecified atom stereocenters. The fourth-order valence-corrected chi connectivity index (χ4v) is 0.960. The summed E-state index contributed by atoms with van der Waals surface area (Å²) in [5, 5.41) is 0. The normalized spacial score (nSPS) is 9.15. The van der Waals surface area contributed by atoms with Crippen LogP contribution in [0.5, 0.6) is 0 Å². The van der Waals surface area contributed by atoms with Crippen LogP contribution in [0.2, 0.25) is 0 Å². The van der Waals surface area contributed by atoms with Gasteiger partial charge in [0.1, 0.15) is 10.1 Å².